The Kier molecular flexibility index (Phi) is 12.9. The molecule has 2 fully saturated rings. The number of hydrogen-bond acceptors (Lipinski definition) is 9. The van der Waals surface area contributed by atoms with Crippen LogP contribution in [0.1, 0.15) is 49.3 Å². The second-order valence-corrected chi connectivity index (χ2v) is 16.4. The first-order chi connectivity index (χ1) is 28.0. The fourth-order valence-electron chi connectivity index (χ4n) is 8.50. The molecule has 5 aromatic rings. The highest BCUT2D eigenvalue weighted by atomic mass is 32.1. The molecule has 2 heterocycles. The third-order valence-corrected chi connectivity index (χ3v) is 12.4. The van der Waals surface area contributed by atoms with Crippen molar-refractivity contribution in [3.8, 4) is 16.9 Å². The van der Waals surface area contributed by atoms with E-state index < -0.39 is 12.2 Å². The van der Waals surface area contributed by atoms with E-state index in [0.717, 1.165) is 59.6 Å². The van der Waals surface area contributed by atoms with E-state index in [-0.39, 0.29) is 41.4 Å². The first-order valence-electron chi connectivity index (χ1n) is 19.8. The number of rotatable bonds is 16. The van der Waals surface area contributed by atoms with Crippen LogP contribution >= 0.6 is 11.3 Å². The number of nitrogens with zero attached hydrogens (tertiary/aromatic N) is 3. The number of fused-ring (bicyclic) bond motifs is 2. The standard InChI is InChI=1S/C44H50N6O7S/c1-48(20-7-12-39(53)46-32-15-13-28(14-16-32)24-45-25-38(52)35-17-18-37(51)41-42(35)58-43(55)47-41)40(54)19-21-49-26-30-22-33(23-31(30)27-49)50(44(56)57)36-11-6-5-10-34(36)29-8-3-2-4-9-29/h2-6,8-11,13-18,30-31,33,38,45,51-52H,7,12,19-27H2,1H3,(H,46,53)(H,47,55)(H,56,57)/t30-,31+,33?,38-/m0/s1. The van der Waals surface area contributed by atoms with Gasteiger partial charge < -0.3 is 40.7 Å². The summed E-state index contributed by atoms with van der Waals surface area (Å²) in [5, 5.41) is 37.2. The van der Waals surface area contributed by atoms with Gasteiger partial charge >= 0.3 is 11.0 Å². The number of H-pyrrole nitrogens is 1. The largest absolute Gasteiger partial charge is 0.506 e. The lowest BCUT2D eigenvalue weighted by atomic mass is 10.0. The highest BCUT2D eigenvalue weighted by Gasteiger charge is 2.44. The molecular weight excluding hydrogens is 757 g/mol. The summed E-state index contributed by atoms with van der Waals surface area (Å²) < 4.78 is 0.531. The molecule has 0 radical (unpaired) electrons. The summed E-state index contributed by atoms with van der Waals surface area (Å²) in [6, 6.07) is 28.0. The van der Waals surface area contributed by atoms with Crippen molar-refractivity contribution in [2.24, 2.45) is 11.8 Å². The smallest absolute Gasteiger partial charge is 0.412 e. The summed E-state index contributed by atoms with van der Waals surface area (Å²) in [5.41, 5.74) is 5.13. The minimum absolute atomic E-state index is 0.0365. The van der Waals surface area contributed by atoms with Crippen LogP contribution in [0.4, 0.5) is 16.2 Å². The number of benzene rings is 4. The molecular formula is C44H50N6O7S. The number of carbonyl (C=O) groups is 3. The number of aromatic amines is 1. The number of likely N-dealkylation sites (tertiary alicyclic amines) is 1. The van der Waals surface area contributed by atoms with Gasteiger partial charge in [0.2, 0.25) is 11.8 Å². The fraction of sp³-hybridized carbons (Fsp3) is 0.364. The van der Waals surface area contributed by atoms with Crippen molar-refractivity contribution in [2.75, 3.05) is 50.0 Å². The summed E-state index contributed by atoms with van der Waals surface area (Å²) >= 11 is 0.948. The molecule has 0 bridgehead atoms. The van der Waals surface area contributed by atoms with Gasteiger partial charge in [0.1, 0.15) is 11.3 Å². The van der Waals surface area contributed by atoms with Crippen molar-refractivity contribution in [3.63, 3.8) is 0 Å². The van der Waals surface area contributed by atoms with E-state index in [1.165, 1.54) is 6.07 Å². The van der Waals surface area contributed by atoms with Crippen LogP contribution in [0.25, 0.3) is 21.3 Å². The number of aliphatic hydroxyl groups excluding tert-OH is 1. The topological polar surface area (TPSA) is 179 Å². The van der Waals surface area contributed by atoms with Crippen LogP contribution in [0.5, 0.6) is 5.75 Å². The van der Waals surface area contributed by atoms with Crippen LogP contribution in [0.3, 0.4) is 0 Å². The normalized spacial score (nSPS) is 18.2. The molecule has 1 saturated heterocycles. The highest BCUT2D eigenvalue weighted by molar-refractivity contribution is 7.16. The number of carbonyl (C=O) groups excluding carboxylic acids is 2. The Morgan fingerprint density at radius 1 is 0.931 bits per heavy atom. The zero-order valence-corrected chi connectivity index (χ0v) is 33.3. The maximum atomic E-state index is 13.0. The van der Waals surface area contributed by atoms with Crippen LogP contribution in [0, 0.1) is 11.8 Å². The van der Waals surface area contributed by atoms with Crippen LogP contribution in [-0.2, 0) is 16.1 Å². The zero-order chi connectivity index (χ0) is 40.8. The molecule has 14 heteroatoms. The minimum atomic E-state index is -0.931. The quantitative estimate of drug-likeness (QED) is 0.0673. The number of carboxylic acid groups (broad SMARTS) is 1. The van der Waals surface area contributed by atoms with Crippen LogP contribution < -0.4 is 20.4 Å². The van der Waals surface area contributed by atoms with Gasteiger partial charge in [0, 0.05) is 82.0 Å². The molecule has 1 aromatic heterocycles. The van der Waals surface area contributed by atoms with Gasteiger partial charge in [-0.15, -0.1) is 0 Å². The fourth-order valence-corrected chi connectivity index (χ4v) is 9.42. The van der Waals surface area contributed by atoms with Crippen LogP contribution in [-0.4, -0.2) is 93.8 Å². The molecule has 2 aliphatic rings. The van der Waals surface area contributed by atoms with Gasteiger partial charge in [0.15, 0.2) is 0 Å². The number of aliphatic hydroxyl groups is 1. The Morgan fingerprint density at radius 3 is 2.36 bits per heavy atom. The molecule has 58 heavy (non-hydrogen) atoms. The number of phenols is 1. The van der Waals surface area contributed by atoms with Gasteiger partial charge in [0.25, 0.3) is 0 Å². The number of aromatic hydroxyl groups is 1. The highest BCUT2D eigenvalue weighted by Crippen LogP contribution is 2.43. The number of hydrogen-bond donors (Lipinski definition) is 6. The Labute approximate surface area is 340 Å². The number of nitrogens with one attached hydrogen (secondary N) is 3. The number of aromatic nitrogens is 1. The number of para-hydroxylation sites is 1. The van der Waals surface area contributed by atoms with E-state index in [2.05, 4.69) is 20.5 Å². The van der Waals surface area contributed by atoms with E-state index in [0.29, 0.717) is 65.8 Å². The van der Waals surface area contributed by atoms with Crippen LogP contribution in [0.15, 0.2) is 95.8 Å². The molecule has 7 rings (SSSR count). The summed E-state index contributed by atoms with van der Waals surface area (Å²) in [5.74, 6) is 0.651. The lowest BCUT2D eigenvalue weighted by Crippen LogP contribution is -2.40. The Balaban J connectivity index is 0.789. The molecule has 4 atom stereocenters. The van der Waals surface area contributed by atoms with Crippen LogP contribution in [0.2, 0.25) is 0 Å². The zero-order valence-electron chi connectivity index (χ0n) is 32.5. The summed E-state index contributed by atoms with van der Waals surface area (Å²) in [7, 11) is 1.78. The molecule has 4 aromatic carbocycles. The summed E-state index contributed by atoms with van der Waals surface area (Å²) in [6.07, 6.45) is 0.997. The predicted molar refractivity (Wildman–Crippen MR) is 226 cm³/mol. The Hall–Kier alpha value is -5.54. The molecule has 13 nitrogen and oxygen atoms in total. The summed E-state index contributed by atoms with van der Waals surface area (Å²) in [4.78, 5) is 58.0. The van der Waals surface area contributed by atoms with E-state index in [1.807, 2.05) is 78.9 Å². The minimum Gasteiger partial charge on any atom is -0.506 e. The molecule has 6 N–H and O–H groups in total. The molecule has 1 aliphatic heterocycles. The Bertz CT molecular complexity index is 2270. The second kappa shape index (κ2) is 18.4. The van der Waals surface area contributed by atoms with Gasteiger partial charge in [-0.1, -0.05) is 78.1 Å². The van der Waals surface area contributed by atoms with E-state index >= 15 is 0 Å². The third-order valence-electron chi connectivity index (χ3n) is 11.4. The maximum Gasteiger partial charge on any atom is 0.412 e. The average Bonchev–Trinajstić information content (AvgIpc) is 3.91. The van der Waals surface area contributed by atoms with Crippen molar-refractivity contribution < 1.29 is 29.7 Å². The maximum absolute atomic E-state index is 13.0. The molecule has 0 spiro atoms. The monoisotopic (exact) mass is 806 g/mol. The van der Waals surface area contributed by atoms with E-state index in [9.17, 15) is 34.5 Å². The van der Waals surface area contributed by atoms with Crippen molar-refractivity contribution in [1.82, 2.24) is 20.1 Å². The number of phenolic OH excluding ortho intramolecular Hbond substituents is 1. The van der Waals surface area contributed by atoms with Crippen molar-refractivity contribution in [2.45, 2.75) is 50.8 Å². The molecule has 304 valence electrons. The van der Waals surface area contributed by atoms with Gasteiger partial charge in [-0.2, -0.15) is 0 Å². The van der Waals surface area contributed by atoms with Crippen molar-refractivity contribution in [1.29, 1.82) is 0 Å². The third kappa shape index (κ3) is 9.59. The molecule has 1 aliphatic carbocycles. The Morgan fingerprint density at radius 2 is 1.64 bits per heavy atom. The molecule has 1 saturated carbocycles. The predicted octanol–water partition coefficient (Wildman–Crippen LogP) is 6.25. The van der Waals surface area contributed by atoms with Gasteiger partial charge in [-0.25, -0.2) is 4.79 Å². The SMILES string of the molecule is CN(CCCC(=O)Nc1ccc(CNC[C@H](O)c2ccc(O)c3[nH]c(=O)sc23)cc1)C(=O)CCN1C[C@H]2CC(N(C(=O)O)c3ccccc3-c3ccccc3)C[C@H]2C1. The van der Waals surface area contributed by atoms with Gasteiger partial charge in [0.05, 0.1) is 16.5 Å². The first kappa shape index (κ1) is 40.6. The lowest BCUT2D eigenvalue weighted by molar-refractivity contribution is -0.130. The molecule has 1 unspecified atom stereocenters. The van der Waals surface area contributed by atoms with E-state index in [4.69, 9.17) is 0 Å². The number of amides is 3. The first-order valence-corrected chi connectivity index (χ1v) is 20.6. The van der Waals surface area contributed by atoms with Gasteiger partial charge in [-0.3, -0.25) is 19.3 Å². The van der Waals surface area contributed by atoms with Crippen molar-refractivity contribution >= 4 is 50.8 Å². The summed E-state index contributed by atoms with van der Waals surface area (Å²) in [6.45, 7) is 3.57. The number of anilines is 2. The average molecular weight is 807 g/mol. The van der Waals surface area contributed by atoms with Crippen molar-refractivity contribution in [3.05, 3.63) is 112 Å². The second-order valence-electron chi connectivity index (χ2n) is 15.4. The number of thiazole rings is 1. The lowest BCUT2D eigenvalue weighted by Gasteiger charge is -2.30. The van der Waals surface area contributed by atoms with Gasteiger partial charge in [-0.05, 0) is 66.5 Å². The molecule has 3 amide bonds. The van der Waals surface area contributed by atoms with E-state index in [1.54, 1.807) is 22.9 Å².